The normalized spacial score (nSPS) is 10.7. The van der Waals surface area contributed by atoms with Crippen LogP contribution in [0.2, 0.25) is 0 Å². The molecular weight excluding hydrogens is 248 g/mol. The molecule has 2 rings (SSSR count). The van der Waals surface area contributed by atoms with Crippen molar-refractivity contribution < 1.29 is 4.79 Å². The van der Waals surface area contributed by atoms with Gasteiger partial charge in [0, 0.05) is 13.6 Å². The number of aromatic amines is 1. The number of nitrogens with one attached hydrogen (secondary N) is 1. The molecule has 0 fully saturated rings. The Hall–Kier alpha value is -2.29. The summed E-state index contributed by atoms with van der Waals surface area (Å²) in [5.74, 6) is 1.04. The van der Waals surface area contributed by atoms with Crippen molar-refractivity contribution in [3.05, 3.63) is 23.5 Å². The van der Waals surface area contributed by atoms with E-state index in [9.17, 15) is 4.79 Å². The van der Waals surface area contributed by atoms with Gasteiger partial charge >= 0.3 is 0 Å². The molecule has 0 aliphatic rings. The second-order valence-electron chi connectivity index (χ2n) is 4.15. The molecule has 0 saturated heterocycles. The monoisotopic (exact) mass is 264 g/mol. The molecule has 3 N–H and O–H groups in total. The number of hydrogen-bond donors (Lipinski definition) is 2. The van der Waals surface area contributed by atoms with Gasteiger partial charge in [-0.05, 0) is 6.92 Å². The molecule has 0 spiro atoms. The van der Waals surface area contributed by atoms with Crippen molar-refractivity contribution in [3.8, 4) is 0 Å². The summed E-state index contributed by atoms with van der Waals surface area (Å²) >= 11 is 0. The highest BCUT2D eigenvalue weighted by Gasteiger charge is 2.17. The molecule has 0 radical (unpaired) electrons. The third kappa shape index (κ3) is 3.13. The van der Waals surface area contributed by atoms with Gasteiger partial charge in [-0.15, -0.1) is 5.10 Å². The predicted molar refractivity (Wildman–Crippen MR) is 66.0 cm³/mol. The van der Waals surface area contributed by atoms with Gasteiger partial charge in [0.25, 0.3) is 5.91 Å². The zero-order valence-corrected chi connectivity index (χ0v) is 10.9. The first-order valence-corrected chi connectivity index (χ1v) is 5.83. The van der Waals surface area contributed by atoms with E-state index in [1.54, 1.807) is 20.2 Å². The Bertz CT molecular complexity index is 559. The van der Waals surface area contributed by atoms with Crippen LogP contribution in [0.3, 0.4) is 0 Å². The Kier molecular flexibility index (Phi) is 3.85. The third-order valence-electron chi connectivity index (χ3n) is 2.48. The number of carbonyl (C=O) groups excluding carboxylic acids is 1. The van der Waals surface area contributed by atoms with Gasteiger partial charge in [-0.2, -0.15) is 5.10 Å². The van der Waals surface area contributed by atoms with Crippen molar-refractivity contribution in [2.75, 3.05) is 13.6 Å². The summed E-state index contributed by atoms with van der Waals surface area (Å²) in [5.41, 5.74) is 5.69. The zero-order valence-electron chi connectivity index (χ0n) is 10.9. The lowest BCUT2D eigenvalue weighted by atomic mass is 10.4. The molecule has 1 amide bonds. The van der Waals surface area contributed by atoms with Gasteiger partial charge in [-0.1, -0.05) is 5.21 Å². The van der Waals surface area contributed by atoms with Crippen LogP contribution in [0, 0.1) is 6.92 Å². The molecule has 0 bridgehead atoms. The van der Waals surface area contributed by atoms with E-state index in [1.165, 1.54) is 9.58 Å². The van der Waals surface area contributed by atoms with Crippen LogP contribution < -0.4 is 5.73 Å². The van der Waals surface area contributed by atoms with Crippen LogP contribution in [0.1, 0.15) is 22.1 Å². The van der Waals surface area contributed by atoms with Gasteiger partial charge in [0.2, 0.25) is 0 Å². The molecule has 0 aliphatic heterocycles. The summed E-state index contributed by atoms with van der Waals surface area (Å²) in [7, 11) is 1.66. The number of nitrogens with two attached hydrogens (primary N) is 1. The number of aromatic nitrogens is 6. The van der Waals surface area contributed by atoms with Gasteiger partial charge in [0.1, 0.15) is 5.82 Å². The van der Waals surface area contributed by atoms with E-state index in [4.69, 9.17) is 5.73 Å². The highest BCUT2D eigenvalue weighted by molar-refractivity contribution is 5.91. The first-order valence-electron chi connectivity index (χ1n) is 5.83. The fourth-order valence-electron chi connectivity index (χ4n) is 1.58. The quantitative estimate of drug-likeness (QED) is 0.710. The first-order chi connectivity index (χ1) is 9.10. The summed E-state index contributed by atoms with van der Waals surface area (Å²) in [6.45, 7) is 3.09. The Morgan fingerprint density at radius 3 is 3.00 bits per heavy atom. The van der Waals surface area contributed by atoms with Crippen molar-refractivity contribution >= 4 is 5.91 Å². The number of rotatable bonds is 5. The summed E-state index contributed by atoms with van der Waals surface area (Å²) < 4.78 is 1.54. The molecule has 9 nitrogen and oxygen atoms in total. The zero-order chi connectivity index (χ0) is 13.8. The van der Waals surface area contributed by atoms with Crippen LogP contribution in [0.25, 0.3) is 0 Å². The number of amides is 1. The topological polar surface area (TPSA) is 119 Å². The molecule has 0 unspecified atom stereocenters. The van der Waals surface area contributed by atoms with Crippen LogP contribution in [0.15, 0.2) is 6.20 Å². The Balaban J connectivity index is 2.01. The maximum Gasteiger partial charge on any atom is 0.276 e. The van der Waals surface area contributed by atoms with Crippen LogP contribution in [0.4, 0.5) is 0 Å². The smallest absolute Gasteiger partial charge is 0.276 e. The van der Waals surface area contributed by atoms with Crippen molar-refractivity contribution in [3.63, 3.8) is 0 Å². The van der Waals surface area contributed by atoms with Crippen molar-refractivity contribution in [2.24, 2.45) is 5.73 Å². The highest BCUT2D eigenvalue weighted by atomic mass is 16.2. The Morgan fingerprint density at radius 1 is 1.58 bits per heavy atom. The molecule has 0 saturated carbocycles. The predicted octanol–water partition coefficient (Wildman–Crippen LogP) is -1.06. The second-order valence-corrected chi connectivity index (χ2v) is 4.15. The van der Waals surface area contributed by atoms with Crippen LogP contribution in [-0.2, 0) is 13.1 Å². The number of aryl methyl sites for hydroxylation is 1. The molecule has 2 aromatic heterocycles. The third-order valence-corrected chi connectivity index (χ3v) is 2.48. The Morgan fingerprint density at radius 2 is 2.37 bits per heavy atom. The van der Waals surface area contributed by atoms with E-state index in [2.05, 4.69) is 25.5 Å². The lowest BCUT2D eigenvalue weighted by molar-refractivity contribution is 0.0775. The number of H-pyrrole nitrogens is 1. The van der Waals surface area contributed by atoms with E-state index >= 15 is 0 Å². The fraction of sp³-hybridized carbons (Fsp3) is 0.500. The van der Waals surface area contributed by atoms with Gasteiger partial charge in [0.05, 0.1) is 19.3 Å². The minimum atomic E-state index is -0.231. The molecule has 9 heteroatoms. The number of nitrogens with zero attached hydrogens (tertiary/aromatic N) is 6. The molecular formula is C10H16N8O. The second kappa shape index (κ2) is 5.57. The summed E-state index contributed by atoms with van der Waals surface area (Å²) in [5, 5.41) is 14.3. The van der Waals surface area contributed by atoms with Crippen LogP contribution in [-0.4, -0.2) is 54.6 Å². The largest absolute Gasteiger partial charge is 0.333 e. The Labute approximate surface area is 109 Å². The first kappa shape index (κ1) is 13.1. The van der Waals surface area contributed by atoms with Crippen molar-refractivity contribution in [1.29, 1.82) is 0 Å². The number of carbonyl (C=O) groups is 1. The summed E-state index contributed by atoms with van der Waals surface area (Å²) in [6, 6.07) is 0. The average Bonchev–Trinajstić information content (AvgIpc) is 2.98. The number of hydrogen-bond acceptors (Lipinski definition) is 6. The van der Waals surface area contributed by atoms with Gasteiger partial charge in [-0.25, -0.2) is 4.98 Å². The van der Waals surface area contributed by atoms with Crippen molar-refractivity contribution in [1.82, 2.24) is 35.1 Å². The maximum atomic E-state index is 12.1. The molecule has 102 valence electrons. The lowest BCUT2D eigenvalue weighted by Crippen LogP contribution is -2.27. The van der Waals surface area contributed by atoms with Crippen LogP contribution >= 0.6 is 0 Å². The molecule has 2 aromatic rings. The SMILES string of the molecule is Cc1nc(CN(C)C(=O)c2cn(CCN)nn2)n[nH]1. The average molecular weight is 264 g/mol. The minimum absolute atomic E-state index is 0.231. The van der Waals surface area contributed by atoms with Gasteiger partial charge in [-0.3, -0.25) is 14.6 Å². The summed E-state index contributed by atoms with van der Waals surface area (Å²) in [4.78, 5) is 17.7. The molecule has 0 aromatic carbocycles. The van der Waals surface area contributed by atoms with Crippen molar-refractivity contribution in [2.45, 2.75) is 20.0 Å². The van der Waals surface area contributed by atoms with E-state index in [0.717, 1.165) is 0 Å². The minimum Gasteiger partial charge on any atom is -0.333 e. The molecule has 19 heavy (non-hydrogen) atoms. The van der Waals surface area contributed by atoms with Crippen LogP contribution in [0.5, 0.6) is 0 Å². The molecule has 0 aliphatic carbocycles. The van der Waals surface area contributed by atoms with E-state index < -0.39 is 0 Å². The van der Waals surface area contributed by atoms with E-state index in [-0.39, 0.29) is 11.6 Å². The summed E-state index contributed by atoms with van der Waals surface area (Å²) in [6.07, 6.45) is 1.58. The maximum absolute atomic E-state index is 12.1. The van der Waals surface area contributed by atoms with Gasteiger partial charge in [0.15, 0.2) is 11.5 Å². The van der Waals surface area contributed by atoms with Gasteiger partial charge < -0.3 is 10.6 Å². The van der Waals surface area contributed by atoms with E-state index in [0.29, 0.717) is 31.3 Å². The highest BCUT2D eigenvalue weighted by Crippen LogP contribution is 2.03. The fourth-order valence-corrected chi connectivity index (χ4v) is 1.58. The standard InChI is InChI=1S/C10H16N8O/c1-7-12-9(15-13-7)6-17(2)10(19)8-5-18(4-3-11)16-14-8/h5H,3-4,6,11H2,1-2H3,(H,12,13,15). The lowest BCUT2D eigenvalue weighted by Gasteiger charge is -2.12. The molecule has 2 heterocycles. The molecule has 0 atom stereocenters. The van der Waals surface area contributed by atoms with E-state index in [1.807, 2.05) is 0 Å².